The molecule has 0 aliphatic carbocycles. The second kappa shape index (κ2) is 6.88. The van der Waals surface area contributed by atoms with Crippen LogP contribution >= 0.6 is 22.9 Å². The van der Waals surface area contributed by atoms with Gasteiger partial charge in [0, 0.05) is 31.4 Å². The van der Waals surface area contributed by atoms with E-state index in [9.17, 15) is 4.79 Å². The summed E-state index contributed by atoms with van der Waals surface area (Å²) < 4.78 is 2.54. The highest BCUT2D eigenvalue weighted by molar-refractivity contribution is 7.22. The highest BCUT2D eigenvalue weighted by Gasteiger charge is 2.23. The molecule has 126 valence electrons. The molecule has 8 heteroatoms. The number of fused-ring (bicyclic) bond motifs is 1. The molecule has 0 radical (unpaired) electrons. The number of aryl methyl sites for hydroxylation is 1. The summed E-state index contributed by atoms with van der Waals surface area (Å²) in [7, 11) is 5.71. The fourth-order valence-electron chi connectivity index (χ4n) is 2.31. The minimum Gasteiger partial charge on any atom is -0.308 e. The number of anilines is 1. The number of halogens is 1. The summed E-state index contributed by atoms with van der Waals surface area (Å²) in [5.41, 5.74) is 1.37. The van der Waals surface area contributed by atoms with Gasteiger partial charge in [0.25, 0.3) is 5.91 Å². The first kappa shape index (κ1) is 16.9. The van der Waals surface area contributed by atoms with Crippen LogP contribution in [0.2, 0.25) is 5.02 Å². The van der Waals surface area contributed by atoms with Gasteiger partial charge < -0.3 is 4.90 Å². The molecular weight excluding hydrogens is 346 g/mol. The van der Waals surface area contributed by atoms with Gasteiger partial charge in [0.2, 0.25) is 0 Å². The van der Waals surface area contributed by atoms with Gasteiger partial charge in [0.15, 0.2) is 5.13 Å². The summed E-state index contributed by atoms with van der Waals surface area (Å²) in [5.74, 6) is -0.109. The predicted molar refractivity (Wildman–Crippen MR) is 98.1 cm³/mol. The Morgan fingerprint density at radius 1 is 1.29 bits per heavy atom. The van der Waals surface area contributed by atoms with Crippen molar-refractivity contribution in [1.82, 2.24) is 19.7 Å². The molecule has 1 aromatic carbocycles. The highest BCUT2D eigenvalue weighted by Crippen LogP contribution is 2.31. The van der Waals surface area contributed by atoms with Gasteiger partial charge in [-0.25, -0.2) is 4.98 Å². The molecule has 0 saturated heterocycles. The Morgan fingerprint density at radius 3 is 2.75 bits per heavy atom. The van der Waals surface area contributed by atoms with Crippen LogP contribution in [0.25, 0.3) is 10.2 Å². The number of nitrogens with zero attached hydrogens (tertiary/aromatic N) is 5. The van der Waals surface area contributed by atoms with E-state index in [1.165, 1.54) is 11.3 Å². The van der Waals surface area contributed by atoms with E-state index in [4.69, 9.17) is 11.6 Å². The van der Waals surface area contributed by atoms with Gasteiger partial charge in [0.05, 0.1) is 10.2 Å². The Balaban J connectivity index is 1.99. The number of aromatic nitrogens is 3. The van der Waals surface area contributed by atoms with Crippen LogP contribution < -0.4 is 4.90 Å². The molecule has 6 nitrogen and oxygen atoms in total. The molecular formula is C16H18ClN5OS. The molecule has 0 N–H and O–H groups in total. The summed E-state index contributed by atoms with van der Waals surface area (Å²) in [5, 5.41) is 5.42. The maximum absolute atomic E-state index is 13.0. The molecule has 0 aliphatic rings. The predicted octanol–water partition coefficient (Wildman–Crippen LogP) is 2.89. The van der Waals surface area contributed by atoms with Crippen LogP contribution in [0.4, 0.5) is 5.13 Å². The van der Waals surface area contributed by atoms with E-state index < -0.39 is 0 Å². The quantitative estimate of drug-likeness (QED) is 0.699. The molecule has 0 bridgehead atoms. The third-order valence-electron chi connectivity index (χ3n) is 3.63. The van der Waals surface area contributed by atoms with Crippen LogP contribution in [0, 0.1) is 0 Å². The lowest BCUT2D eigenvalue weighted by Crippen LogP contribution is -2.37. The van der Waals surface area contributed by atoms with Crippen LogP contribution in [0.15, 0.2) is 30.5 Å². The number of hydrogen-bond donors (Lipinski definition) is 0. The minimum absolute atomic E-state index is 0.109. The molecule has 0 atom stereocenters. The van der Waals surface area contributed by atoms with Crippen LogP contribution in [-0.4, -0.2) is 52.8 Å². The maximum atomic E-state index is 13.0. The van der Waals surface area contributed by atoms with E-state index in [-0.39, 0.29) is 5.91 Å². The molecule has 0 fully saturated rings. The average Bonchev–Trinajstić information content (AvgIpc) is 3.12. The van der Waals surface area contributed by atoms with Crippen molar-refractivity contribution in [1.29, 1.82) is 0 Å². The average molecular weight is 364 g/mol. The van der Waals surface area contributed by atoms with Crippen molar-refractivity contribution >= 4 is 44.2 Å². The van der Waals surface area contributed by atoms with Gasteiger partial charge in [-0.2, -0.15) is 5.10 Å². The molecule has 0 unspecified atom stereocenters. The van der Waals surface area contributed by atoms with Crippen LogP contribution in [0.3, 0.4) is 0 Å². The number of carbonyl (C=O) groups excluding carboxylic acids is 1. The van der Waals surface area contributed by atoms with Crippen LogP contribution in [0.5, 0.6) is 0 Å². The van der Waals surface area contributed by atoms with E-state index in [1.807, 2.05) is 31.1 Å². The molecule has 3 rings (SSSR count). The summed E-state index contributed by atoms with van der Waals surface area (Å²) >= 11 is 7.52. The Bertz CT molecular complexity index is 872. The first-order valence-electron chi connectivity index (χ1n) is 7.46. The van der Waals surface area contributed by atoms with Gasteiger partial charge in [-0.1, -0.05) is 22.9 Å². The number of benzene rings is 1. The second-order valence-electron chi connectivity index (χ2n) is 5.71. The zero-order valence-corrected chi connectivity index (χ0v) is 15.3. The fourth-order valence-corrected chi connectivity index (χ4v) is 3.57. The van der Waals surface area contributed by atoms with Crippen molar-refractivity contribution in [3.63, 3.8) is 0 Å². The van der Waals surface area contributed by atoms with Crippen molar-refractivity contribution < 1.29 is 4.79 Å². The van der Waals surface area contributed by atoms with Crippen molar-refractivity contribution in [2.45, 2.75) is 0 Å². The number of rotatable bonds is 5. The number of likely N-dealkylation sites (N-methyl/N-ethyl adjacent to an activating group) is 1. The zero-order valence-electron chi connectivity index (χ0n) is 13.7. The van der Waals surface area contributed by atoms with Crippen LogP contribution in [-0.2, 0) is 7.05 Å². The van der Waals surface area contributed by atoms with Crippen molar-refractivity contribution in [2.75, 3.05) is 32.1 Å². The summed E-state index contributed by atoms with van der Waals surface area (Å²) in [6.07, 6.45) is 1.62. The zero-order chi connectivity index (χ0) is 17.3. The molecule has 2 aromatic heterocycles. The minimum atomic E-state index is -0.109. The van der Waals surface area contributed by atoms with Gasteiger partial charge >= 0.3 is 0 Å². The molecule has 24 heavy (non-hydrogen) atoms. The van der Waals surface area contributed by atoms with E-state index in [1.54, 1.807) is 35.0 Å². The van der Waals surface area contributed by atoms with Crippen molar-refractivity contribution in [3.8, 4) is 0 Å². The second-order valence-corrected chi connectivity index (χ2v) is 7.15. The lowest BCUT2D eigenvalue weighted by molar-refractivity contribution is 0.0976. The molecule has 2 heterocycles. The van der Waals surface area contributed by atoms with Crippen molar-refractivity contribution in [2.24, 2.45) is 7.05 Å². The van der Waals surface area contributed by atoms with Gasteiger partial charge in [-0.3, -0.25) is 14.4 Å². The summed E-state index contributed by atoms with van der Waals surface area (Å²) in [4.78, 5) is 21.3. The standard InChI is InChI=1S/C16H18ClN5OS/c1-20(2)8-9-22(15(23)13-6-7-18-21(13)3)16-19-12-5-4-11(17)10-14(12)24-16/h4-7,10H,8-9H2,1-3H3. The van der Waals surface area contributed by atoms with Gasteiger partial charge in [-0.05, 0) is 38.4 Å². The Morgan fingerprint density at radius 2 is 2.08 bits per heavy atom. The number of hydrogen-bond acceptors (Lipinski definition) is 5. The number of thiazole rings is 1. The SMILES string of the molecule is CN(C)CCN(C(=O)c1ccnn1C)c1nc2ccc(Cl)cc2s1. The highest BCUT2D eigenvalue weighted by atomic mass is 35.5. The maximum Gasteiger partial charge on any atom is 0.278 e. The van der Waals surface area contributed by atoms with Crippen molar-refractivity contribution in [3.05, 3.63) is 41.2 Å². The van der Waals surface area contributed by atoms with E-state index in [2.05, 4.69) is 10.1 Å². The molecule has 3 aromatic rings. The first-order valence-corrected chi connectivity index (χ1v) is 8.66. The lowest BCUT2D eigenvalue weighted by Gasteiger charge is -2.21. The Labute approximate surface area is 149 Å². The molecule has 0 aliphatic heterocycles. The number of amides is 1. The Hall–Kier alpha value is -1.96. The summed E-state index contributed by atoms with van der Waals surface area (Å²) in [6.45, 7) is 1.28. The normalized spacial score (nSPS) is 11.4. The number of carbonyl (C=O) groups is 1. The molecule has 0 saturated carbocycles. The van der Waals surface area contributed by atoms with E-state index in [0.717, 1.165) is 16.8 Å². The topological polar surface area (TPSA) is 54.3 Å². The third-order valence-corrected chi connectivity index (χ3v) is 4.90. The monoisotopic (exact) mass is 363 g/mol. The van der Waals surface area contributed by atoms with Gasteiger partial charge in [-0.15, -0.1) is 0 Å². The fraction of sp³-hybridized carbons (Fsp3) is 0.312. The van der Waals surface area contributed by atoms with E-state index in [0.29, 0.717) is 22.4 Å². The molecule has 0 spiro atoms. The largest absolute Gasteiger partial charge is 0.308 e. The molecule has 1 amide bonds. The smallest absolute Gasteiger partial charge is 0.278 e. The summed E-state index contributed by atoms with van der Waals surface area (Å²) in [6, 6.07) is 7.27. The van der Waals surface area contributed by atoms with Gasteiger partial charge in [0.1, 0.15) is 5.69 Å². The third kappa shape index (κ3) is 3.43. The van der Waals surface area contributed by atoms with Crippen LogP contribution in [0.1, 0.15) is 10.5 Å². The lowest BCUT2D eigenvalue weighted by atomic mass is 10.3. The first-order chi connectivity index (χ1) is 11.5. The Kier molecular flexibility index (Phi) is 4.84. The van der Waals surface area contributed by atoms with E-state index >= 15 is 0 Å².